The maximum absolute atomic E-state index is 12.0. The van der Waals surface area contributed by atoms with Crippen molar-refractivity contribution in [3.63, 3.8) is 0 Å². The fourth-order valence-corrected chi connectivity index (χ4v) is 3.09. The van der Waals surface area contributed by atoms with Crippen molar-refractivity contribution in [3.8, 4) is 5.75 Å². The quantitative estimate of drug-likeness (QED) is 0.550. The third-order valence-electron chi connectivity index (χ3n) is 4.02. The number of hydrogen-bond donors (Lipinski definition) is 3. The molecule has 1 saturated carbocycles. The van der Waals surface area contributed by atoms with Crippen LogP contribution in [-0.2, 0) is 9.59 Å². The van der Waals surface area contributed by atoms with Gasteiger partial charge in [-0.25, -0.2) is 0 Å². The van der Waals surface area contributed by atoms with E-state index in [4.69, 9.17) is 28.6 Å². The fraction of sp³-hybridized carbons (Fsp3) is 0.471. The van der Waals surface area contributed by atoms with Crippen molar-refractivity contribution in [2.24, 2.45) is 5.92 Å². The maximum atomic E-state index is 12.0. The number of aryl methyl sites for hydroxylation is 1. The standard InChI is InChI=1S/C17H22ClN3O3S/c1-11-9-13(18)7-8-14(11)24-10-15(22)19-17(25)21-20-16(23)12-5-3-2-4-6-12/h7-9,12H,2-6,10H2,1H3,(H,20,23)(H2,19,21,22,25). The van der Waals surface area contributed by atoms with Gasteiger partial charge in [0.2, 0.25) is 5.91 Å². The average Bonchev–Trinajstić information content (AvgIpc) is 2.59. The first-order valence-electron chi connectivity index (χ1n) is 8.24. The molecule has 1 aliphatic carbocycles. The summed E-state index contributed by atoms with van der Waals surface area (Å²) in [5.74, 6) is 0.0723. The van der Waals surface area contributed by atoms with Gasteiger partial charge < -0.3 is 4.74 Å². The fourth-order valence-electron chi connectivity index (χ4n) is 2.70. The van der Waals surface area contributed by atoms with Crippen molar-refractivity contribution in [2.75, 3.05) is 6.61 Å². The molecule has 0 radical (unpaired) electrons. The first kappa shape index (κ1) is 19.5. The van der Waals surface area contributed by atoms with Crippen LogP contribution in [0.4, 0.5) is 0 Å². The molecule has 136 valence electrons. The third kappa shape index (κ3) is 6.51. The van der Waals surface area contributed by atoms with Gasteiger partial charge >= 0.3 is 0 Å². The minimum Gasteiger partial charge on any atom is -0.483 e. The van der Waals surface area contributed by atoms with Gasteiger partial charge in [-0.15, -0.1) is 0 Å². The molecule has 0 unspecified atom stereocenters. The van der Waals surface area contributed by atoms with E-state index in [9.17, 15) is 9.59 Å². The summed E-state index contributed by atoms with van der Waals surface area (Å²) in [6.45, 7) is 1.65. The summed E-state index contributed by atoms with van der Waals surface area (Å²) in [5, 5.41) is 3.09. The Labute approximate surface area is 157 Å². The Morgan fingerprint density at radius 3 is 2.64 bits per heavy atom. The largest absolute Gasteiger partial charge is 0.483 e. The summed E-state index contributed by atoms with van der Waals surface area (Å²) in [6.07, 6.45) is 5.10. The summed E-state index contributed by atoms with van der Waals surface area (Å²) >= 11 is 10.9. The molecule has 2 rings (SSSR count). The van der Waals surface area contributed by atoms with E-state index in [2.05, 4.69) is 16.2 Å². The Morgan fingerprint density at radius 2 is 1.96 bits per heavy atom. The number of carbonyl (C=O) groups is 2. The molecule has 0 saturated heterocycles. The summed E-state index contributed by atoms with van der Waals surface area (Å²) in [4.78, 5) is 23.8. The lowest BCUT2D eigenvalue weighted by Crippen LogP contribution is -2.51. The molecule has 25 heavy (non-hydrogen) atoms. The summed E-state index contributed by atoms with van der Waals surface area (Å²) in [6, 6.07) is 5.14. The molecule has 0 aromatic heterocycles. The monoisotopic (exact) mass is 383 g/mol. The van der Waals surface area contributed by atoms with E-state index in [0.717, 1.165) is 31.2 Å². The van der Waals surface area contributed by atoms with Crippen LogP contribution in [0, 0.1) is 12.8 Å². The van der Waals surface area contributed by atoms with Crippen molar-refractivity contribution in [3.05, 3.63) is 28.8 Å². The zero-order valence-electron chi connectivity index (χ0n) is 14.1. The van der Waals surface area contributed by atoms with Gasteiger partial charge in [0, 0.05) is 10.9 Å². The van der Waals surface area contributed by atoms with Crippen molar-refractivity contribution in [1.82, 2.24) is 16.2 Å². The Kier molecular flexibility index (Phi) is 7.46. The van der Waals surface area contributed by atoms with Crippen LogP contribution in [0.3, 0.4) is 0 Å². The van der Waals surface area contributed by atoms with E-state index in [1.807, 2.05) is 6.92 Å². The molecule has 0 bridgehead atoms. The van der Waals surface area contributed by atoms with Gasteiger partial charge in [-0.1, -0.05) is 30.9 Å². The smallest absolute Gasteiger partial charge is 0.264 e. The topological polar surface area (TPSA) is 79.5 Å². The van der Waals surface area contributed by atoms with Crippen LogP contribution >= 0.6 is 23.8 Å². The molecule has 2 amide bonds. The molecule has 1 aliphatic rings. The highest BCUT2D eigenvalue weighted by Gasteiger charge is 2.21. The second-order valence-corrected chi connectivity index (χ2v) is 6.87. The molecule has 1 aromatic rings. The first-order valence-corrected chi connectivity index (χ1v) is 9.03. The van der Waals surface area contributed by atoms with E-state index >= 15 is 0 Å². The molecular weight excluding hydrogens is 362 g/mol. The third-order valence-corrected chi connectivity index (χ3v) is 4.46. The minimum absolute atomic E-state index is 0.0102. The highest BCUT2D eigenvalue weighted by molar-refractivity contribution is 7.80. The normalized spacial score (nSPS) is 14.5. The predicted octanol–water partition coefficient (Wildman–Crippen LogP) is 2.63. The van der Waals surface area contributed by atoms with Gasteiger partial charge in [-0.05, 0) is 55.7 Å². The molecule has 3 N–H and O–H groups in total. The molecule has 0 spiro atoms. The number of halogens is 1. The highest BCUT2D eigenvalue weighted by Crippen LogP contribution is 2.23. The van der Waals surface area contributed by atoms with Crippen LogP contribution < -0.4 is 20.9 Å². The number of rotatable bonds is 4. The first-order chi connectivity index (χ1) is 12.0. The zero-order chi connectivity index (χ0) is 18.2. The van der Waals surface area contributed by atoms with E-state index in [0.29, 0.717) is 10.8 Å². The second kappa shape index (κ2) is 9.58. The minimum atomic E-state index is -0.418. The van der Waals surface area contributed by atoms with Crippen molar-refractivity contribution in [1.29, 1.82) is 0 Å². The lowest BCUT2D eigenvalue weighted by atomic mass is 9.89. The number of hydrogen-bond acceptors (Lipinski definition) is 4. The summed E-state index contributed by atoms with van der Waals surface area (Å²) < 4.78 is 5.43. The van der Waals surface area contributed by atoms with E-state index in [1.165, 1.54) is 6.42 Å². The van der Waals surface area contributed by atoms with Crippen molar-refractivity contribution >= 4 is 40.7 Å². The second-order valence-electron chi connectivity index (χ2n) is 6.02. The van der Waals surface area contributed by atoms with Gasteiger partial charge in [0.1, 0.15) is 5.75 Å². The Hall–Kier alpha value is -1.86. The van der Waals surface area contributed by atoms with Crippen LogP contribution in [-0.4, -0.2) is 23.5 Å². The Balaban J connectivity index is 1.69. The van der Waals surface area contributed by atoms with E-state index < -0.39 is 5.91 Å². The summed E-state index contributed by atoms with van der Waals surface area (Å²) in [5.41, 5.74) is 5.93. The Bertz CT molecular complexity index is 648. The predicted molar refractivity (Wildman–Crippen MR) is 100 cm³/mol. The molecule has 8 heteroatoms. The van der Waals surface area contributed by atoms with Gasteiger partial charge in [-0.3, -0.25) is 25.8 Å². The van der Waals surface area contributed by atoms with Crippen LogP contribution in [0.2, 0.25) is 5.02 Å². The number of benzene rings is 1. The maximum Gasteiger partial charge on any atom is 0.264 e. The Morgan fingerprint density at radius 1 is 1.24 bits per heavy atom. The lowest BCUT2D eigenvalue weighted by molar-refractivity contribution is -0.126. The molecule has 6 nitrogen and oxygen atoms in total. The zero-order valence-corrected chi connectivity index (χ0v) is 15.6. The molecular formula is C17H22ClN3O3S. The van der Waals surface area contributed by atoms with E-state index in [-0.39, 0.29) is 23.5 Å². The van der Waals surface area contributed by atoms with Crippen molar-refractivity contribution < 1.29 is 14.3 Å². The van der Waals surface area contributed by atoms with Crippen molar-refractivity contribution in [2.45, 2.75) is 39.0 Å². The van der Waals surface area contributed by atoms with Gasteiger partial charge in [0.25, 0.3) is 5.91 Å². The van der Waals surface area contributed by atoms with Crippen LogP contribution in [0.1, 0.15) is 37.7 Å². The van der Waals surface area contributed by atoms with Crippen LogP contribution in [0.5, 0.6) is 5.75 Å². The number of ether oxygens (including phenoxy) is 1. The summed E-state index contributed by atoms with van der Waals surface area (Å²) in [7, 11) is 0. The molecule has 0 heterocycles. The number of thiocarbonyl (C=S) groups is 1. The molecule has 0 atom stereocenters. The average molecular weight is 384 g/mol. The van der Waals surface area contributed by atoms with Gasteiger partial charge in [0.15, 0.2) is 11.7 Å². The number of carbonyl (C=O) groups excluding carboxylic acids is 2. The lowest BCUT2D eigenvalue weighted by Gasteiger charge is -2.21. The van der Waals surface area contributed by atoms with E-state index in [1.54, 1.807) is 18.2 Å². The molecule has 1 fully saturated rings. The van der Waals surface area contributed by atoms with Crippen LogP contribution in [0.15, 0.2) is 18.2 Å². The van der Waals surface area contributed by atoms with Gasteiger partial charge in [-0.2, -0.15) is 0 Å². The van der Waals surface area contributed by atoms with Crippen LogP contribution in [0.25, 0.3) is 0 Å². The van der Waals surface area contributed by atoms with Gasteiger partial charge in [0.05, 0.1) is 0 Å². The number of amides is 2. The number of nitrogens with one attached hydrogen (secondary N) is 3. The SMILES string of the molecule is Cc1cc(Cl)ccc1OCC(=O)NC(=S)NNC(=O)C1CCCCC1. The molecule has 1 aromatic carbocycles. The number of hydrazine groups is 1. The molecule has 0 aliphatic heterocycles. The highest BCUT2D eigenvalue weighted by atomic mass is 35.5.